The minimum Gasteiger partial charge on any atom is -0.438 e. The lowest BCUT2D eigenvalue weighted by molar-refractivity contribution is -0.137. The molecule has 0 saturated heterocycles. The van der Waals surface area contributed by atoms with E-state index in [1.807, 2.05) is 0 Å². The molecule has 0 saturated carbocycles. The summed E-state index contributed by atoms with van der Waals surface area (Å²) >= 11 is 0.338. The predicted molar refractivity (Wildman–Crippen MR) is 99.5 cm³/mol. The normalized spacial score (nSPS) is 12.7. The lowest BCUT2D eigenvalue weighted by Crippen LogP contribution is -2.22. The lowest BCUT2D eigenvalue weighted by Gasteiger charge is -2.10. The van der Waals surface area contributed by atoms with Crippen molar-refractivity contribution in [2.45, 2.75) is 29.2 Å². The molecular formula is C18H12F6N2O3S2. The monoisotopic (exact) mass is 482 g/mol. The average molecular weight is 482 g/mol. The molecule has 2 aromatic heterocycles. The standard InChI is InChI=1S/C18H12F6N2O3S2/c1-2-10-8-25-15(11-3-5-12(6-4-11)17(19,20)21)26-16(10)29-13-7-14(30-9-13)31(27,28)18(22,23)24/h3-9H,2H2,1H3. The van der Waals surface area contributed by atoms with Crippen molar-refractivity contribution in [3.05, 3.63) is 53.0 Å². The molecule has 0 unspecified atom stereocenters. The largest absolute Gasteiger partial charge is 0.502 e. The summed E-state index contributed by atoms with van der Waals surface area (Å²) in [5.41, 5.74) is -5.59. The van der Waals surface area contributed by atoms with Gasteiger partial charge >= 0.3 is 11.7 Å². The van der Waals surface area contributed by atoms with Crippen molar-refractivity contribution in [1.82, 2.24) is 9.97 Å². The molecule has 0 aliphatic heterocycles. The van der Waals surface area contributed by atoms with Crippen molar-refractivity contribution < 1.29 is 39.5 Å². The van der Waals surface area contributed by atoms with Gasteiger partial charge in [-0.25, -0.2) is 13.4 Å². The molecule has 5 nitrogen and oxygen atoms in total. The fourth-order valence-corrected chi connectivity index (χ4v) is 4.36. The molecule has 3 aromatic rings. The van der Waals surface area contributed by atoms with Crippen LogP contribution >= 0.6 is 11.3 Å². The van der Waals surface area contributed by atoms with Crippen LogP contribution in [0.1, 0.15) is 18.1 Å². The van der Waals surface area contributed by atoms with Crippen LogP contribution in [0.5, 0.6) is 11.6 Å². The van der Waals surface area contributed by atoms with Crippen molar-refractivity contribution in [3.63, 3.8) is 0 Å². The van der Waals surface area contributed by atoms with Gasteiger partial charge in [0.25, 0.3) is 9.84 Å². The van der Waals surface area contributed by atoms with E-state index in [-0.39, 0.29) is 23.0 Å². The molecule has 1 aromatic carbocycles. The van der Waals surface area contributed by atoms with Gasteiger partial charge in [0, 0.05) is 28.8 Å². The van der Waals surface area contributed by atoms with Gasteiger partial charge < -0.3 is 4.74 Å². The smallest absolute Gasteiger partial charge is 0.438 e. The van der Waals surface area contributed by atoms with E-state index in [4.69, 9.17) is 4.74 Å². The first kappa shape index (κ1) is 23.0. The summed E-state index contributed by atoms with van der Waals surface area (Å²) in [6.07, 6.45) is -2.76. The summed E-state index contributed by atoms with van der Waals surface area (Å²) in [6.45, 7) is 1.73. The van der Waals surface area contributed by atoms with E-state index in [9.17, 15) is 34.8 Å². The van der Waals surface area contributed by atoms with Crippen LogP contribution in [0.4, 0.5) is 26.3 Å². The molecule has 0 bridgehead atoms. The van der Waals surface area contributed by atoms with E-state index < -0.39 is 31.3 Å². The molecule has 31 heavy (non-hydrogen) atoms. The van der Waals surface area contributed by atoms with Gasteiger partial charge in [-0.05, 0) is 18.6 Å². The van der Waals surface area contributed by atoms with Crippen LogP contribution in [0.3, 0.4) is 0 Å². The summed E-state index contributed by atoms with van der Waals surface area (Å²) in [5, 5.41) is 1.08. The Kier molecular flexibility index (Phi) is 6.02. The molecule has 0 aliphatic rings. The second kappa shape index (κ2) is 8.11. The Morgan fingerprint density at radius 3 is 2.26 bits per heavy atom. The van der Waals surface area contributed by atoms with Gasteiger partial charge in [-0.15, -0.1) is 11.3 Å². The van der Waals surface area contributed by atoms with Crippen LogP contribution < -0.4 is 4.74 Å². The van der Waals surface area contributed by atoms with Gasteiger partial charge in [0.1, 0.15) is 9.96 Å². The number of nitrogens with zero attached hydrogens (tertiary/aromatic N) is 2. The Morgan fingerprint density at radius 1 is 1.06 bits per heavy atom. The van der Waals surface area contributed by atoms with E-state index in [1.54, 1.807) is 6.92 Å². The zero-order chi connectivity index (χ0) is 23.0. The Labute approximate surface area is 176 Å². The maximum Gasteiger partial charge on any atom is 0.502 e. The van der Waals surface area contributed by atoms with Crippen molar-refractivity contribution in [2.24, 2.45) is 0 Å². The summed E-state index contributed by atoms with van der Waals surface area (Å²) in [7, 11) is -5.52. The summed E-state index contributed by atoms with van der Waals surface area (Å²) in [4.78, 5) is 8.22. The van der Waals surface area contributed by atoms with Crippen molar-refractivity contribution in [1.29, 1.82) is 0 Å². The van der Waals surface area contributed by atoms with E-state index in [0.29, 0.717) is 23.3 Å². The number of alkyl halides is 6. The number of halogens is 6. The van der Waals surface area contributed by atoms with Gasteiger partial charge in [0.2, 0.25) is 5.88 Å². The fraction of sp³-hybridized carbons (Fsp3) is 0.222. The topological polar surface area (TPSA) is 69.2 Å². The number of benzene rings is 1. The third-order valence-corrected chi connectivity index (χ3v) is 6.92. The number of aryl methyl sites for hydroxylation is 1. The average Bonchev–Trinajstić information content (AvgIpc) is 3.16. The van der Waals surface area contributed by atoms with Gasteiger partial charge in [-0.2, -0.15) is 31.3 Å². The maximum atomic E-state index is 12.7. The molecule has 166 valence electrons. The first-order valence-corrected chi connectivity index (χ1v) is 10.8. The number of ether oxygens (including phenoxy) is 1. The lowest BCUT2D eigenvalue weighted by atomic mass is 10.1. The molecule has 0 fully saturated rings. The Bertz CT molecular complexity index is 1190. The van der Waals surface area contributed by atoms with E-state index >= 15 is 0 Å². The molecule has 2 heterocycles. The minimum absolute atomic E-state index is 0.0271. The van der Waals surface area contributed by atoms with Gasteiger partial charge in [0.05, 0.1) is 5.56 Å². The molecule has 13 heteroatoms. The van der Waals surface area contributed by atoms with Crippen molar-refractivity contribution in [2.75, 3.05) is 0 Å². The van der Waals surface area contributed by atoms with Crippen LogP contribution in [0.15, 0.2) is 46.1 Å². The zero-order valence-electron chi connectivity index (χ0n) is 15.5. The van der Waals surface area contributed by atoms with Gasteiger partial charge in [-0.1, -0.05) is 19.1 Å². The second-order valence-corrected chi connectivity index (χ2v) is 9.18. The summed E-state index contributed by atoms with van der Waals surface area (Å²) in [5.74, 6) is -0.208. The number of hydrogen-bond donors (Lipinski definition) is 0. The summed E-state index contributed by atoms with van der Waals surface area (Å²) < 4.78 is 104. The quantitative estimate of drug-likeness (QED) is 0.426. The van der Waals surface area contributed by atoms with Crippen LogP contribution in [-0.2, 0) is 22.4 Å². The molecule has 3 rings (SSSR count). The third kappa shape index (κ3) is 4.82. The maximum absolute atomic E-state index is 12.7. The van der Waals surface area contributed by atoms with Crippen LogP contribution in [0.25, 0.3) is 11.4 Å². The van der Waals surface area contributed by atoms with Gasteiger partial charge in [-0.3, -0.25) is 0 Å². The Morgan fingerprint density at radius 2 is 1.71 bits per heavy atom. The van der Waals surface area contributed by atoms with Gasteiger partial charge in [0.15, 0.2) is 5.82 Å². The molecule has 0 N–H and O–H groups in total. The van der Waals surface area contributed by atoms with E-state index in [2.05, 4.69) is 9.97 Å². The molecule has 0 aliphatic carbocycles. The highest BCUT2D eigenvalue weighted by molar-refractivity contribution is 7.94. The second-order valence-electron chi connectivity index (χ2n) is 6.11. The minimum atomic E-state index is -5.52. The molecule has 0 atom stereocenters. The number of thiophene rings is 1. The van der Waals surface area contributed by atoms with Crippen molar-refractivity contribution >= 4 is 21.2 Å². The van der Waals surface area contributed by atoms with E-state index in [1.165, 1.54) is 18.3 Å². The third-order valence-electron chi connectivity index (χ3n) is 4.01. The number of sulfone groups is 1. The van der Waals surface area contributed by atoms with Crippen molar-refractivity contribution in [3.8, 4) is 23.0 Å². The molecule has 0 amide bonds. The zero-order valence-corrected chi connectivity index (χ0v) is 17.1. The summed E-state index contributed by atoms with van der Waals surface area (Å²) in [6, 6.07) is 4.80. The van der Waals surface area contributed by atoms with Crippen LogP contribution in [-0.4, -0.2) is 23.9 Å². The molecule has 0 spiro atoms. The SMILES string of the molecule is CCc1cnc(-c2ccc(C(F)(F)F)cc2)nc1Oc1csc(S(=O)(=O)C(F)(F)F)c1. The highest BCUT2D eigenvalue weighted by Crippen LogP contribution is 2.37. The molecular weight excluding hydrogens is 470 g/mol. The highest BCUT2D eigenvalue weighted by atomic mass is 32.2. The van der Waals surface area contributed by atoms with E-state index in [0.717, 1.165) is 23.6 Å². The fourth-order valence-electron chi connectivity index (χ4n) is 2.39. The number of rotatable bonds is 5. The Hall–Kier alpha value is -2.67. The molecule has 0 radical (unpaired) electrons. The first-order valence-electron chi connectivity index (χ1n) is 8.44. The van der Waals surface area contributed by atoms with Crippen LogP contribution in [0, 0.1) is 0 Å². The Balaban J connectivity index is 1.92. The number of hydrogen-bond acceptors (Lipinski definition) is 6. The number of aromatic nitrogens is 2. The highest BCUT2D eigenvalue weighted by Gasteiger charge is 2.47. The van der Waals surface area contributed by atoms with Crippen LogP contribution in [0.2, 0.25) is 0 Å². The predicted octanol–water partition coefficient (Wildman–Crippen LogP) is 5.87. The first-order chi connectivity index (χ1) is 14.3.